The van der Waals surface area contributed by atoms with E-state index in [1.807, 2.05) is 56.5 Å². The maximum absolute atomic E-state index is 12.7. The van der Waals surface area contributed by atoms with Crippen molar-refractivity contribution in [1.29, 1.82) is 0 Å². The Morgan fingerprint density at radius 1 is 1.11 bits per heavy atom. The van der Waals surface area contributed by atoms with Crippen molar-refractivity contribution in [3.05, 3.63) is 59.7 Å². The second-order valence-electron chi connectivity index (χ2n) is 6.31. The summed E-state index contributed by atoms with van der Waals surface area (Å²) in [5, 5.41) is 5.72. The Morgan fingerprint density at radius 3 is 2.56 bits per heavy atom. The van der Waals surface area contributed by atoms with Crippen molar-refractivity contribution in [3.8, 4) is 5.75 Å². The summed E-state index contributed by atoms with van der Waals surface area (Å²) in [4.78, 5) is 25.0. The smallest absolute Gasteiger partial charge is 0.258 e. The van der Waals surface area contributed by atoms with Crippen molar-refractivity contribution >= 4 is 29.3 Å². The largest absolute Gasteiger partial charge is 0.484 e. The first kappa shape index (κ1) is 20.8. The molecule has 0 aliphatic rings. The van der Waals surface area contributed by atoms with Gasteiger partial charge in [-0.15, -0.1) is 0 Å². The van der Waals surface area contributed by atoms with Gasteiger partial charge >= 0.3 is 0 Å². The molecule has 6 heteroatoms. The van der Waals surface area contributed by atoms with Gasteiger partial charge in [-0.25, -0.2) is 0 Å². The molecule has 0 fully saturated rings. The first-order valence-corrected chi connectivity index (χ1v) is 10.2. The number of hydrogen-bond donors (Lipinski definition) is 2. The van der Waals surface area contributed by atoms with Crippen molar-refractivity contribution < 1.29 is 14.3 Å². The molecule has 2 aromatic rings. The highest BCUT2D eigenvalue weighted by molar-refractivity contribution is 7.98. The summed E-state index contributed by atoms with van der Waals surface area (Å²) in [6, 6.07) is 14.4. The minimum Gasteiger partial charge on any atom is -0.484 e. The zero-order valence-electron chi connectivity index (χ0n) is 16.0. The average Bonchev–Trinajstić information content (AvgIpc) is 2.67. The molecule has 27 heavy (non-hydrogen) atoms. The summed E-state index contributed by atoms with van der Waals surface area (Å²) < 4.78 is 5.46. The number of para-hydroxylation sites is 1. The predicted molar refractivity (Wildman–Crippen MR) is 111 cm³/mol. The van der Waals surface area contributed by atoms with Crippen LogP contribution in [0.1, 0.15) is 17.5 Å². The van der Waals surface area contributed by atoms with E-state index in [2.05, 4.69) is 10.6 Å². The van der Waals surface area contributed by atoms with Gasteiger partial charge in [-0.1, -0.05) is 30.3 Å². The Bertz CT molecular complexity index is 765. The highest BCUT2D eigenvalue weighted by atomic mass is 32.2. The molecule has 5 nitrogen and oxygen atoms in total. The molecule has 2 aromatic carbocycles. The summed E-state index contributed by atoms with van der Waals surface area (Å²) in [7, 11) is 0. The molecular weight excluding hydrogens is 360 g/mol. The molecule has 0 bridgehead atoms. The van der Waals surface area contributed by atoms with Gasteiger partial charge in [0.25, 0.3) is 5.91 Å². The number of hydrogen-bond acceptors (Lipinski definition) is 4. The van der Waals surface area contributed by atoms with E-state index >= 15 is 0 Å². The summed E-state index contributed by atoms with van der Waals surface area (Å²) >= 11 is 1.63. The maximum Gasteiger partial charge on any atom is 0.258 e. The molecule has 2 rings (SSSR count). The molecule has 2 amide bonds. The fourth-order valence-electron chi connectivity index (χ4n) is 2.50. The molecule has 0 saturated carbocycles. The van der Waals surface area contributed by atoms with Gasteiger partial charge in [0.05, 0.1) is 0 Å². The lowest BCUT2D eigenvalue weighted by Crippen LogP contribution is -2.46. The zero-order valence-corrected chi connectivity index (χ0v) is 16.8. The van der Waals surface area contributed by atoms with Gasteiger partial charge in [0.2, 0.25) is 5.91 Å². The van der Waals surface area contributed by atoms with Gasteiger partial charge in [0.1, 0.15) is 11.8 Å². The molecule has 0 aliphatic carbocycles. The van der Waals surface area contributed by atoms with Crippen molar-refractivity contribution in [2.45, 2.75) is 26.3 Å². The zero-order chi connectivity index (χ0) is 19.6. The topological polar surface area (TPSA) is 67.4 Å². The molecule has 0 radical (unpaired) electrons. The van der Waals surface area contributed by atoms with Crippen molar-refractivity contribution in [2.75, 3.05) is 23.9 Å². The average molecular weight is 387 g/mol. The number of thioether (sulfide) groups is 1. The van der Waals surface area contributed by atoms with E-state index in [0.29, 0.717) is 12.2 Å². The van der Waals surface area contributed by atoms with E-state index in [1.165, 1.54) is 0 Å². The standard InChI is InChI=1S/C21H26N2O3S/c1-15-9-10-16(2)19(13-15)23-21(25)18(11-12-27-3)22-20(24)14-26-17-7-5-4-6-8-17/h4-10,13,18H,11-12,14H2,1-3H3,(H,22,24)(H,23,25). The van der Waals surface area contributed by atoms with Crippen LogP contribution < -0.4 is 15.4 Å². The van der Waals surface area contributed by atoms with E-state index in [1.54, 1.807) is 23.9 Å². The Hall–Kier alpha value is -2.47. The highest BCUT2D eigenvalue weighted by Gasteiger charge is 2.21. The molecule has 1 atom stereocenters. The molecule has 0 saturated heterocycles. The molecule has 1 unspecified atom stereocenters. The van der Waals surface area contributed by atoms with Gasteiger partial charge in [-0.3, -0.25) is 9.59 Å². The molecule has 0 spiro atoms. The minimum atomic E-state index is -0.607. The minimum absolute atomic E-state index is 0.128. The second kappa shape index (κ2) is 10.6. The summed E-state index contributed by atoms with van der Waals surface area (Å²) in [5.41, 5.74) is 2.82. The van der Waals surface area contributed by atoms with Gasteiger partial charge in [0.15, 0.2) is 6.61 Å². The van der Waals surface area contributed by atoms with Crippen LogP contribution in [0.5, 0.6) is 5.75 Å². The number of nitrogens with one attached hydrogen (secondary N) is 2. The lowest BCUT2D eigenvalue weighted by Gasteiger charge is -2.19. The second-order valence-corrected chi connectivity index (χ2v) is 7.30. The number of aryl methyl sites for hydroxylation is 2. The maximum atomic E-state index is 12.7. The number of carbonyl (C=O) groups excluding carboxylic acids is 2. The van der Waals surface area contributed by atoms with Gasteiger partial charge < -0.3 is 15.4 Å². The third-order valence-electron chi connectivity index (χ3n) is 4.03. The molecule has 0 aliphatic heterocycles. The van der Waals surface area contributed by atoms with E-state index in [9.17, 15) is 9.59 Å². The monoisotopic (exact) mass is 386 g/mol. The van der Waals surface area contributed by atoms with E-state index in [0.717, 1.165) is 22.6 Å². The molecular formula is C21H26N2O3S. The number of amides is 2. The van der Waals surface area contributed by atoms with Gasteiger partial charge in [-0.2, -0.15) is 11.8 Å². The first-order valence-electron chi connectivity index (χ1n) is 8.84. The third kappa shape index (κ3) is 6.98. The van der Waals surface area contributed by atoms with Crippen molar-refractivity contribution in [1.82, 2.24) is 5.32 Å². The number of rotatable bonds is 9. The van der Waals surface area contributed by atoms with Gasteiger partial charge in [-0.05, 0) is 61.6 Å². The molecule has 144 valence electrons. The SMILES string of the molecule is CSCCC(NC(=O)COc1ccccc1)C(=O)Nc1cc(C)ccc1C. The Labute approximate surface area is 164 Å². The van der Waals surface area contributed by atoms with Crippen molar-refractivity contribution in [3.63, 3.8) is 0 Å². The summed E-state index contributed by atoms with van der Waals surface area (Å²) in [5.74, 6) is 0.852. The van der Waals surface area contributed by atoms with Crippen LogP contribution >= 0.6 is 11.8 Å². The lowest BCUT2D eigenvalue weighted by molar-refractivity contribution is -0.127. The predicted octanol–water partition coefficient (Wildman–Crippen LogP) is 3.56. The normalized spacial score (nSPS) is 11.5. The number of anilines is 1. The highest BCUT2D eigenvalue weighted by Crippen LogP contribution is 2.17. The van der Waals surface area contributed by atoms with Crippen LogP contribution in [-0.2, 0) is 9.59 Å². The van der Waals surface area contributed by atoms with E-state index in [4.69, 9.17) is 4.74 Å². The van der Waals surface area contributed by atoms with Crippen LogP contribution in [0.2, 0.25) is 0 Å². The molecule has 2 N–H and O–H groups in total. The van der Waals surface area contributed by atoms with Crippen LogP contribution in [0, 0.1) is 13.8 Å². The van der Waals surface area contributed by atoms with Crippen LogP contribution in [0.15, 0.2) is 48.5 Å². The number of ether oxygens (including phenoxy) is 1. The number of benzene rings is 2. The Balaban J connectivity index is 1.97. The van der Waals surface area contributed by atoms with Crippen LogP contribution in [-0.4, -0.2) is 36.5 Å². The Morgan fingerprint density at radius 2 is 1.85 bits per heavy atom. The summed E-state index contributed by atoms with van der Waals surface area (Å²) in [6.45, 7) is 3.79. The molecule has 0 aromatic heterocycles. The van der Waals surface area contributed by atoms with Crippen molar-refractivity contribution in [2.24, 2.45) is 0 Å². The third-order valence-corrected chi connectivity index (χ3v) is 4.67. The van der Waals surface area contributed by atoms with E-state index < -0.39 is 6.04 Å². The van der Waals surface area contributed by atoms with E-state index in [-0.39, 0.29) is 18.4 Å². The fourth-order valence-corrected chi connectivity index (χ4v) is 2.97. The summed E-state index contributed by atoms with van der Waals surface area (Å²) in [6.07, 6.45) is 2.52. The Kier molecular flexibility index (Phi) is 8.20. The van der Waals surface area contributed by atoms with Crippen LogP contribution in [0.25, 0.3) is 0 Å². The fraction of sp³-hybridized carbons (Fsp3) is 0.333. The quantitative estimate of drug-likeness (QED) is 0.691. The number of carbonyl (C=O) groups is 2. The molecule has 0 heterocycles. The van der Waals surface area contributed by atoms with Gasteiger partial charge in [0, 0.05) is 5.69 Å². The van der Waals surface area contributed by atoms with Crippen LogP contribution in [0.3, 0.4) is 0 Å². The first-order chi connectivity index (χ1) is 13.0. The lowest BCUT2D eigenvalue weighted by atomic mass is 10.1. The van der Waals surface area contributed by atoms with Crippen LogP contribution in [0.4, 0.5) is 5.69 Å².